The number of fused-ring (bicyclic) bond motifs is 1. The summed E-state index contributed by atoms with van der Waals surface area (Å²) in [6, 6.07) is 4.80. The standard InChI is InChI=1S/C16H19Cl2N3O2/c17-9-5-10(18)7-11(6-9)19-15(22)8-14-16(23)21-13-4-2-1-3-12(13)20-14/h5-7,12-14,20H,1-4,8H2,(H,19,22)(H,21,23)/t12-,13+,14-/m0/s1. The highest BCUT2D eigenvalue weighted by molar-refractivity contribution is 6.35. The molecule has 1 saturated heterocycles. The predicted molar refractivity (Wildman–Crippen MR) is 90.8 cm³/mol. The number of rotatable bonds is 3. The number of carbonyl (C=O) groups is 2. The molecule has 2 aliphatic rings. The van der Waals surface area contributed by atoms with Gasteiger partial charge in [-0.25, -0.2) is 0 Å². The summed E-state index contributed by atoms with van der Waals surface area (Å²) in [4.78, 5) is 24.3. The van der Waals surface area contributed by atoms with E-state index in [4.69, 9.17) is 23.2 Å². The zero-order valence-corrected chi connectivity index (χ0v) is 14.1. The zero-order chi connectivity index (χ0) is 16.4. The van der Waals surface area contributed by atoms with E-state index in [1.54, 1.807) is 18.2 Å². The molecule has 0 spiro atoms. The summed E-state index contributed by atoms with van der Waals surface area (Å²) in [5, 5.41) is 9.99. The van der Waals surface area contributed by atoms with Gasteiger partial charge in [-0.3, -0.25) is 9.59 Å². The van der Waals surface area contributed by atoms with Gasteiger partial charge in [0.2, 0.25) is 11.8 Å². The van der Waals surface area contributed by atoms with Crippen LogP contribution >= 0.6 is 23.2 Å². The van der Waals surface area contributed by atoms with E-state index in [1.807, 2.05) is 0 Å². The lowest BCUT2D eigenvalue weighted by atomic mass is 9.87. The van der Waals surface area contributed by atoms with Crippen molar-refractivity contribution >= 4 is 40.7 Å². The minimum atomic E-state index is -0.496. The minimum absolute atomic E-state index is 0.0825. The Morgan fingerprint density at radius 3 is 2.48 bits per heavy atom. The lowest BCUT2D eigenvalue weighted by Gasteiger charge is -2.40. The smallest absolute Gasteiger partial charge is 0.237 e. The summed E-state index contributed by atoms with van der Waals surface area (Å²) in [5.41, 5.74) is 0.527. The van der Waals surface area contributed by atoms with E-state index in [0.717, 1.165) is 25.7 Å². The Labute approximate surface area is 145 Å². The van der Waals surface area contributed by atoms with Crippen LogP contribution in [0.25, 0.3) is 0 Å². The van der Waals surface area contributed by atoms with Gasteiger partial charge in [-0.2, -0.15) is 0 Å². The quantitative estimate of drug-likeness (QED) is 0.780. The topological polar surface area (TPSA) is 70.2 Å². The van der Waals surface area contributed by atoms with Crippen LogP contribution in [-0.4, -0.2) is 29.9 Å². The van der Waals surface area contributed by atoms with E-state index in [1.165, 1.54) is 0 Å². The van der Waals surface area contributed by atoms with Crippen molar-refractivity contribution in [3.05, 3.63) is 28.2 Å². The molecule has 1 saturated carbocycles. The molecule has 0 radical (unpaired) electrons. The van der Waals surface area contributed by atoms with Crippen molar-refractivity contribution in [1.82, 2.24) is 10.6 Å². The number of benzene rings is 1. The number of piperazine rings is 1. The molecule has 3 atom stereocenters. The van der Waals surface area contributed by atoms with Crippen molar-refractivity contribution < 1.29 is 9.59 Å². The van der Waals surface area contributed by atoms with Gasteiger partial charge >= 0.3 is 0 Å². The molecule has 23 heavy (non-hydrogen) atoms. The third-order valence-electron chi connectivity index (χ3n) is 4.36. The molecule has 3 rings (SSSR count). The van der Waals surface area contributed by atoms with Gasteiger partial charge in [-0.15, -0.1) is 0 Å². The fourth-order valence-corrected chi connectivity index (χ4v) is 3.82. The second-order valence-electron chi connectivity index (χ2n) is 6.14. The maximum atomic E-state index is 12.2. The molecule has 1 heterocycles. The maximum absolute atomic E-state index is 12.2. The predicted octanol–water partition coefficient (Wildman–Crippen LogP) is 2.72. The second-order valence-corrected chi connectivity index (χ2v) is 7.01. The molecule has 3 N–H and O–H groups in total. The van der Waals surface area contributed by atoms with Crippen LogP contribution in [-0.2, 0) is 9.59 Å². The van der Waals surface area contributed by atoms with Gasteiger partial charge in [0.1, 0.15) is 0 Å². The first-order valence-electron chi connectivity index (χ1n) is 7.83. The van der Waals surface area contributed by atoms with Crippen molar-refractivity contribution in [2.45, 2.75) is 50.2 Å². The van der Waals surface area contributed by atoms with Crippen molar-refractivity contribution in [2.75, 3.05) is 5.32 Å². The van der Waals surface area contributed by atoms with Gasteiger partial charge < -0.3 is 16.0 Å². The molecule has 1 aliphatic heterocycles. The first-order valence-corrected chi connectivity index (χ1v) is 8.59. The number of carbonyl (C=O) groups excluding carboxylic acids is 2. The van der Waals surface area contributed by atoms with Crippen molar-refractivity contribution in [3.8, 4) is 0 Å². The van der Waals surface area contributed by atoms with Crippen LogP contribution in [0.1, 0.15) is 32.1 Å². The zero-order valence-electron chi connectivity index (χ0n) is 12.6. The Morgan fingerprint density at radius 1 is 1.13 bits per heavy atom. The molecule has 2 fully saturated rings. The summed E-state index contributed by atoms with van der Waals surface area (Å²) in [6.07, 6.45) is 4.42. The van der Waals surface area contributed by atoms with Gasteiger partial charge in [0.15, 0.2) is 0 Å². The van der Waals surface area contributed by atoms with Gasteiger partial charge in [-0.1, -0.05) is 36.0 Å². The summed E-state index contributed by atoms with van der Waals surface area (Å²) in [6.45, 7) is 0. The highest BCUT2D eigenvalue weighted by Crippen LogP contribution is 2.24. The Balaban J connectivity index is 1.59. The SMILES string of the molecule is O=C(C[C@@H]1N[C@H]2CCCC[C@H]2NC1=O)Nc1cc(Cl)cc(Cl)c1. The Morgan fingerprint density at radius 2 is 1.78 bits per heavy atom. The lowest BCUT2D eigenvalue weighted by molar-refractivity contribution is -0.129. The number of halogens is 2. The normalized spacial score (nSPS) is 27.0. The van der Waals surface area contributed by atoms with E-state index < -0.39 is 6.04 Å². The Kier molecular flexibility index (Phi) is 5.09. The number of nitrogens with one attached hydrogen (secondary N) is 3. The van der Waals surface area contributed by atoms with Crippen LogP contribution in [0.5, 0.6) is 0 Å². The molecule has 7 heteroatoms. The molecular weight excluding hydrogens is 337 g/mol. The summed E-state index contributed by atoms with van der Waals surface area (Å²) in [7, 11) is 0. The van der Waals surface area contributed by atoms with E-state index in [2.05, 4.69) is 16.0 Å². The van der Waals surface area contributed by atoms with Gasteiger partial charge in [-0.05, 0) is 31.0 Å². The van der Waals surface area contributed by atoms with Crippen molar-refractivity contribution in [1.29, 1.82) is 0 Å². The highest BCUT2D eigenvalue weighted by Gasteiger charge is 2.36. The summed E-state index contributed by atoms with van der Waals surface area (Å²) >= 11 is 11.8. The molecule has 1 aliphatic carbocycles. The molecule has 1 aromatic rings. The molecular formula is C16H19Cl2N3O2. The average Bonchev–Trinajstić information content (AvgIpc) is 2.46. The Bertz CT molecular complexity index is 603. The molecule has 0 bridgehead atoms. The second kappa shape index (κ2) is 7.07. The largest absolute Gasteiger partial charge is 0.350 e. The molecule has 2 amide bonds. The fourth-order valence-electron chi connectivity index (χ4n) is 3.30. The van der Waals surface area contributed by atoms with Gasteiger partial charge in [0.05, 0.1) is 12.5 Å². The van der Waals surface area contributed by atoms with Crippen molar-refractivity contribution in [3.63, 3.8) is 0 Å². The van der Waals surface area contributed by atoms with E-state index >= 15 is 0 Å². The Hall–Kier alpha value is -1.30. The number of anilines is 1. The lowest BCUT2D eigenvalue weighted by Crippen LogP contribution is -2.65. The maximum Gasteiger partial charge on any atom is 0.237 e. The fraction of sp³-hybridized carbons (Fsp3) is 0.500. The van der Waals surface area contributed by atoms with E-state index in [-0.39, 0.29) is 30.3 Å². The number of hydrogen-bond acceptors (Lipinski definition) is 3. The minimum Gasteiger partial charge on any atom is -0.350 e. The number of hydrogen-bond donors (Lipinski definition) is 3. The van der Waals surface area contributed by atoms with Gasteiger partial charge in [0, 0.05) is 27.8 Å². The molecule has 1 aromatic carbocycles. The van der Waals surface area contributed by atoms with Crippen LogP contribution in [0, 0.1) is 0 Å². The molecule has 124 valence electrons. The molecule has 0 aromatic heterocycles. The first-order chi connectivity index (χ1) is 11.0. The van der Waals surface area contributed by atoms with Crippen LogP contribution in [0.4, 0.5) is 5.69 Å². The summed E-state index contributed by atoms with van der Waals surface area (Å²) in [5.74, 6) is -0.349. The van der Waals surface area contributed by atoms with Crippen LogP contribution < -0.4 is 16.0 Å². The van der Waals surface area contributed by atoms with Crippen LogP contribution in [0.15, 0.2) is 18.2 Å². The first kappa shape index (κ1) is 16.6. The molecule has 0 unspecified atom stereocenters. The van der Waals surface area contributed by atoms with Crippen molar-refractivity contribution in [2.24, 2.45) is 0 Å². The number of amides is 2. The van der Waals surface area contributed by atoms with E-state index in [0.29, 0.717) is 15.7 Å². The van der Waals surface area contributed by atoms with Crippen LogP contribution in [0.2, 0.25) is 10.0 Å². The average molecular weight is 356 g/mol. The van der Waals surface area contributed by atoms with Crippen LogP contribution in [0.3, 0.4) is 0 Å². The molecule has 5 nitrogen and oxygen atoms in total. The van der Waals surface area contributed by atoms with Gasteiger partial charge in [0.25, 0.3) is 0 Å². The third-order valence-corrected chi connectivity index (χ3v) is 4.80. The summed E-state index contributed by atoms with van der Waals surface area (Å²) < 4.78 is 0. The monoisotopic (exact) mass is 355 g/mol. The third kappa shape index (κ3) is 4.16. The van der Waals surface area contributed by atoms with E-state index in [9.17, 15) is 9.59 Å². The highest BCUT2D eigenvalue weighted by atomic mass is 35.5.